The minimum atomic E-state index is -0.321. The average molecular weight is 348 g/mol. The zero-order chi connectivity index (χ0) is 18.5. The normalized spacial score (nSPS) is 16.1. The number of amides is 2. The molecule has 0 radical (unpaired) electrons. The fourth-order valence-corrected chi connectivity index (χ4v) is 3.18. The number of hydrogen-bond donors (Lipinski definition) is 2. The van der Waals surface area contributed by atoms with Gasteiger partial charge in [-0.25, -0.2) is 0 Å². The number of likely N-dealkylation sites (tertiary alicyclic amines) is 1. The van der Waals surface area contributed by atoms with Gasteiger partial charge < -0.3 is 16.0 Å². The van der Waals surface area contributed by atoms with Crippen LogP contribution in [0.25, 0.3) is 0 Å². The van der Waals surface area contributed by atoms with Gasteiger partial charge in [-0.05, 0) is 54.8 Å². The molecule has 2 aromatic rings. The van der Waals surface area contributed by atoms with E-state index in [2.05, 4.69) is 11.4 Å². The van der Waals surface area contributed by atoms with Crippen LogP contribution in [0.1, 0.15) is 28.8 Å². The monoisotopic (exact) mass is 348 g/mol. The maximum Gasteiger partial charge on any atom is 0.253 e. The van der Waals surface area contributed by atoms with Gasteiger partial charge in [0.1, 0.15) is 0 Å². The van der Waals surface area contributed by atoms with E-state index in [1.807, 2.05) is 30.3 Å². The van der Waals surface area contributed by atoms with Crippen molar-refractivity contribution in [1.82, 2.24) is 4.90 Å². The minimum Gasteiger partial charge on any atom is -0.370 e. The smallest absolute Gasteiger partial charge is 0.253 e. The van der Waals surface area contributed by atoms with E-state index >= 15 is 0 Å². The predicted octanol–water partition coefficient (Wildman–Crippen LogP) is 2.64. The van der Waals surface area contributed by atoms with Crippen LogP contribution in [-0.4, -0.2) is 29.8 Å². The van der Waals surface area contributed by atoms with E-state index in [0.717, 1.165) is 17.8 Å². The molecule has 26 heavy (non-hydrogen) atoms. The maximum atomic E-state index is 12.7. The molecule has 3 rings (SSSR count). The first kappa shape index (κ1) is 17.5. The third-order valence-corrected chi connectivity index (χ3v) is 4.48. The Balaban J connectivity index is 1.67. The summed E-state index contributed by atoms with van der Waals surface area (Å²) in [6, 6.07) is 16.5. The molecule has 0 spiro atoms. The van der Waals surface area contributed by atoms with E-state index in [0.29, 0.717) is 30.6 Å². The van der Waals surface area contributed by atoms with Crippen molar-refractivity contribution in [2.75, 3.05) is 18.4 Å². The second-order valence-corrected chi connectivity index (χ2v) is 6.47. The van der Waals surface area contributed by atoms with Crippen molar-refractivity contribution in [2.24, 2.45) is 11.7 Å². The highest BCUT2D eigenvalue weighted by Gasteiger charge is 2.27. The highest BCUT2D eigenvalue weighted by Crippen LogP contribution is 2.23. The van der Waals surface area contributed by atoms with E-state index in [1.165, 1.54) is 0 Å². The molecule has 2 amide bonds. The Bertz CT molecular complexity index is 855. The molecular weight excluding hydrogens is 328 g/mol. The van der Waals surface area contributed by atoms with Crippen LogP contribution in [-0.2, 0) is 4.79 Å². The van der Waals surface area contributed by atoms with Crippen molar-refractivity contribution >= 4 is 23.2 Å². The fourth-order valence-electron chi connectivity index (χ4n) is 3.18. The van der Waals surface area contributed by atoms with Crippen molar-refractivity contribution < 1.29 is 9.59 Å². The molecule has 2 aromatic carbocycles. The van der Waals surface area contributed by atoms with Crippen LogP contribution in [0.15, 0.2) is 48.5 Å². The molecule has 0 aliphatic carbocycles. The van der Waals surface area contributed by atoms with Gasteiger partial charge in [0.15, 0.2) is 0 Å². The molecule has 3 N–H and O–H groups in total. The molecule has 6 heteroatoms. The molecule has 1 fully saturated rings. The highest BCUT2D eigenvalue weighted by atomic mass is 16.2. The van der Waals surface area contributed by atoms with Crippen LogP contribution >= 0.6 is 0 Å². The molecule has 1 saturated heterocycles. The Morgan fingerprint density at radius 1 is 1.19 bits per heavy atom. The molecule has 132 valence electrons. The van der Waals surface area contributed by atoms with Gasteiger partial charge >= 0.3 is 0 Å². The van der Waals surface area contributed by atoms with E-state index < -0.39 is 0 Å². The maximum absolute atomic E-state index is 12.7. The first-order chi connectivity index (χ1) is 12.5. The van der Waals surface area contributed by atoms with Gasteiger partial charge in [0.05, 0.1) is 11.6 Å². The lowest BCUT2D eigenvalue weighted by molar-refractivity contribution is -0.118. The number of carbonyl (C=O) groups excluding carboxylic acids is 2. The second-order valence-electron chi connectivity index (χ2n) is 6.47. The van der Waals surface area contributed by atoms with E-state index in [1.54, 1.807) is 23.1 Å². The van der Waals surface area contributed by atoms with Crippen LogP contribution in [0.3, 0.4) is 0 Å². The number of benzene rings is 2. The molecular formula is C20H20N4O2. The highest BCUT2D eigenvalue weighted by molar-refractivity contribution is 5.95. The van der Waals surface area contributed by atoms with Gasteiger partial charge in [-0.3, -0.25) is 9.59 Å². The van der Waals surface area contributed by atoms with E-state index in [4.69, 9.17) is 11.0 Å². The lowest BCUT2D eigenvalue weighted by Gasteiger charge is -2.17. The first-order valence-electron chi connectivity index (χ1n) is 8.50. The summed E-state index contributed by atoms with van der Waals surface area (Å²) in [5.74, 6) is -0.213. The largest absolute Gasteiger partial charge is 0.370 e. The number of hydrogen-bond acceptors (Lipinski definition) is 4. The number of nitrogens with zero attached hydrogens (tertiary/aromatic N) is 2. The van der Waals surface area contributed by atoms with Gasteiger partial charge in [-0.1, -0.05) is 6.07 Å². The summed E-state index contributed by atoms with van der Waals surface area (Å²) in [7, 11) is 0. The van der Waals surface area contributed by atoms with Gasteiger partial charge in [0, 0.05) is 36.4 Å². The Hall–Kier alpha value is -3.33. The fraction of sp³-hybridized carbons (Fsp3) is 0.250. The molecule has 1 atom stereocenters. The molecule has 0 bridgehead atoms. The number of anilines is 2. The summed E-state index contributed by atoms with van der Waals surface area (Å²) >= 11 is 0. The number of rotatable bonds is 5. The Morgan fingerprint density at radius 3 is 2.65 bits per heavy atom. The lowest BCUT2D eigenvalue weighted by Crippen LogP contribution is -2.29. The molecule has 1 heterocycles. The van der Waals surface area contributed by atoms with E-state index in [-0.39, 0.29) is 17.7 Å². The molecule has 1 aliphatic rings. The summed E-state index contributed by atoms with van der Waals surface area (Å²) in [4.78, 5) is 25.5. The minimum absolute atomic E-state index is 0.0413. The summed E-state index contributed by atoms with van der Waals surface area (Å²) < 4.78 is 0. The standard InChI is InChI=1S/C20H20N4O2/c21-12-14-4-6-17(7-5-14)23-18-3-1-2-16(11-18)20(26)24-9-8-15(13-24)10-19(22)25/h1-7,11,15,23H,8-10,13H2,(H2,22,25). The lowest BCUT2D eigenvalue weighted by atomic mass is 10.1. The van der Waals surface area contributed by atoms with Gasteiger partial charge in [-0.2, -0.15) is 5.26 Å². The van der Waals surface area contributed by atoms with Crippen LogP contribution in [0, 0.1) is 17.2 Å². The number of nitrogens with two attached hydrogens (primary N) is 1. The number of nitrogens with one attached hydrogen (secondary N) is 1. The molecule has 6 nitrogen and oxygen atoms in total. The second kappa shape index (κ2) is 7.70. The molecule has 0 saturated carbocycles. The summed E-state index contributed by atoms with van der Waals surface area (Å²) in [5.41, 5.74) is 8.09. The van der Waals surface area contributed by atoms with Gasteiger partial charge in [0.25, 0.3) is 5.91 Å². The Kier molecular flexibility index (Phi) is 5.18. The molecule has 0 aromatic heterocycles. The Morgan fingerprint density at radius 2 is 1.96 bits per heavy atom. The number of carbonyl (C=O) groups is 2. The summed E-state index contributed by atoms with van der Waals surface area (Å²) in [6.07, 6.45) is 1.13. The van der Waals surface area contributed by atoms with Crippen LogP contribution in [0.2, 0.25) is 0 Å². The van der Waals surface area contributed by atoms with Crippen LogP contribution in [0.4, 0.5) is 11.4 Å². The van der Waals surface area contributed by atoms with Crippen molar-refractivity contribution in [1.29, 1.82) is 5.26 Å². The molecule has 1 unspecified atom stereocenters. The van der Waals surface area contributed by atoms with Crippen LogP contribution in [0.5, 0.6) is 0 Å². The van der Waals surface area contributed by atoms with Crippen molar-refractivity contribution in [3.8, 4) is 6.07 Å². The van der Waals surface area contributed by atoms with Gasteiger partial charge in [-0.15, -0.1) is 0 Å². The number of nitriles is 1. The van der Waals surface area contributed by atoms with Gasteiger partial charge in [0.2, 0.25) is 5.91 Å². The van der Waals surface area contributed by atoms with Crippen molar-refractivity contribution in [3.05, 3.63) is 59.7 Å². The average Bonchev–Trinajstić information content (AvgIpc) is 3.09. The van der Waals surface area contributed by atoms with Crippen molar-refractivity contribution in [3.63, 3.8) is 0 Å². The quantitative estimate of drug-likeness (QED) is 0.867. The van der Waals surface area contributed by atoms with Crippen molar-refractivity contribution in [2.45, 2.75) is 12.8 Å². The van der Waals surface area contributed by atoms with Crippen LogP contribution < -0.4 is 11.1 Å². The number of primary amides is 1. The predicted molar refractivity (Wildman–Crippen MR) is 98.7 cm³/mol. The molecule has 1 aliphatic heterocycles. The summed E-state index contributed by atoms with van der Waals surface area (Å²) in [5, 5.41) is 12.1. The van der Waals surface area contributed by atoms with E-state index in [9.17, 15) is 9.59 Å². The Labute approximate surface area is 152 Å². The SMILES string of the molecule is N#Cc1ccc(Nc2cccc(C(=O)N3CCC(CC(N)=O)C3)c2)cc1. The third-order valence-electron chi connectivity index (χ3n) is 4.48. The topological polar surface area (TPSA) is 99.2 Å². The first-order valence-corrected chi connectivity index (χ1v) is 8.50. The zero-order valence-electron chi connectivity index (χ0n) is 14.3. The third kappa shape index (κ3) is 4.19. The summed E-state index contributed by atoms with van der Waals surface area (Å²) in [6.45, 7) is 1.21. The zero-order valence-corrected chi connectivity index (χ0v) is 14.3.